The second-order valence-corrected chi connectivity index (χ2v) is 4.31. The van der Waals surface area contributed by atoms with Crippen LogP contribution in [0.15, 0.2) is 29.2 Å². The van der Waals surface area contributed by atoms with Crippen molar-refractivity contribution < 1.29 is 14.6 Å². The maximum atomic E-state index is 11.8. The monoisotopic (exact) mass is 262 g/mol. The largest absolute Gasteiger partial charge is 0.479 e. The standard InChI is InChI=1S/C13H14N2O4/c1-8-3-4-15-11(5-8)14-10(6-12(15)16)7-19-9(2)13(17)18/h3-6,9H,7H2,1-2H3,(H,17,18). The van der Waals surface area contributed by atoms with Crippen LogP contribution in [0.5, 0.6) is 0 Å². The van der Waals surface area contributed by atoms with E-state index in [0.717, 1.165) is 5.56 Å². The molecular weight excluding hydrogens is 248 g/mol. The first-order valence-electron chi connectivity index (χ1n) is 5.81. The average Bonchev–Trinajstić information content (AvgIpc) is 2.35. The Labute approximate surface area is 109 Å². The zero-order valence-electron chi connectivity index (χ0n) is 10.7. The van der Waals surface area contributed by atoms with E-state index >= 15 is 0 Å². The maximum Gasteiger partial charge on any atom is 0.332 e. The third kappa shape index (κ3) is 2.97. The van der Waals surface area contributed by atoms with Crippen LogP contribution in [0.3, 0.4) is 0 Å². The number of fused-ring (bicyclic) bond motifs is 1. The molecule has 0 aromatic carbocycles. The van der Waals surface area contributed by atoms with Gasteiger partial charge in [0.2, 0.25) is 0 Å². The minimum Gasteiger partial charge on any atom is -0.479 e. The number of rotatable bonds is 4. The molecule has 6 heteroatoms. The molecule has 2 heterocycles. The summed E-state index contributed by atoms with van der Waals surface area (Å²) in [6, 6.07) is 4.95. The Morgan fingerprint density at radius 1 is 1.53 bits per heavy atom. The van der Waals surface area contributed by atoms with Crippen LogP contribution in [-0.2, 0) is 16.1 Å². The van der Waals surface area contributed by atoms with E-state index in [4.69, 9.17) is 9.84 Å². The number of carboxylic acids is 1. The smallest absolute Gasteiger partial charge is 0.332 e. The first kappa shape index (κ1) is 13.2. The number of hydrogen-bond acceptors (Lipinski definition) is 4. The van der Waals surface area contributed by atoms with Crippen molar-refractivity contribution in [2.24, 2.45) is 0 Å². The molecule has 19 heavy (non-hydrogen) atoms. The molecule has 0 amide bonds. The molecule has 1 N–H and O–H groups in total. The maximum absolute atomic E-state index is 11.8. The topological polar surface area (TPSA) is 80.9 Å². The van der Waals surface area contributed by atoms with Crippen LogP contribution in [0.2, 0.25) is 0 Å². The van der Waals surface area contributed by atoms with Crippen molar-refractivity contribution in [3.63, 3.8) is 0 Å². The van der Waals surface area contributed by atoms with Gasteiger partial charge in [0, 0.05) is 12.3 Å². The Hall–Kier alpha value is -2.21. The summed E-state index contributed by atoms with van der Waals surface area (Å²) in [6.45, 7) is 3.33. The molecule has 0 bridgehead atoms. The van der Waals surface area contributed by atoms with Crippen LogP contribution in [0, 0.1) is 6.92 Å². The van der Waals surface area contributed by atoms with Gasteiger partial charge < -0.3 is 9.84 Å². The lowest BCUT2D eigenvalue weighted by molar-refractivity contribution is -0.149. The molecule has 1 atom stereocenters. The number of pyridine rings is 1. The molecule has 0 spiro atoms. The van der Waals surface area contributed by atoms with Gasteiger partial charge in [0.05, 0.1) is 12.3 Å². The van der Waals surface area contributed by atoms with Crippen LogP contribution in [0.4, 0.5) is 0 Å². The van der Waals surface area contributed by atoms with Crippen LogP contribution in [-0.4, -0.2) is 26.6 Å². The molecule has 2 aromatic rings. The molecule has 6 nitrogen and oxygen atoms in total. The first-order valence-corrected chi connectivity index (χ1v) is 5.81. The predicted molar refractivity (Wildman–Crippen MR) is 68.1 cm³/mol. The van der Waals surface area contributed by atoms with Crippen LogP contribution < -0.4 is 5.56 Å². The lowest BCUT2D eigenvalue weighted by Gasteiger charge is -2.08. The van der Waals surface area contributed by atoms with Crippen molar-refractivity contribution in [1.29, 1.82) is 0 Å². The van der Waals surface area contributed by atoms with E-state index in [1.165, 1.54) is 17.4 Å². The lowest BCUT2D eigenvalue weighted by Crippen LogP contribution is -2.21. The van der Waals surface area contributed by atoms with Gasteiger partial charge in [0.1, 0.15) is 5.65 Å². The van der Waals surface area contributed by atoms with Gasteiger partial charge in [-0.3, -0.25) is 9.20 Å². The quantitative estimate of drug-likeness (QED) is 0.888. The Morgan fingerprint density at radius 2 is 2.26 bits per heavy atom. The third-order valence-electron chi connectivity index (χ3n) is 2.70. The summed E-state index contributed by atoms with van der Waals surface area (Å²) in [5, 5.41) is 8.71. The summed E-state index contributed by atoms with van der Waals surface area (Å²) in [4.78, 5) is 26.7. The van der Waals surface area contributed by atoms with Crippen LogP contribution in [0.25, 0.3) is 5.65 Å². The number of nitrogens with zero attached hydrogens (tertiary/aromatic N) is 2. The van der Waals surface area contributed by atoms with Crippen molar-refractivity contribution in [3.05, 3.63) is 46.0 Å². The van der Waals surface area contributed by atoms with E-state index in [0.29, 0.717) is 11.3 Å². The summed E-state index contributed by atoms with van der Waals surface area (Å²) < 4.78 is 6.54. The Bertz CT molecular complexity index is 678. The summed E-state index contributed by atoms with van der Waals surface area (Å²) in [5.41, 5.74) is 1.72. The molecule has 2 rings (SSSR count). The molecule has 0 aliphatic carbocycles. The molecule has 0 aliphatic rings. The molecule has 0 saturated heterocycles. The Morgan fingerprint density at radius 3 is 2.95 bits per heavy atom. The first-order chi connectivity index (χ1) is 8.97. The number of hydrogen-bond donors (Lipinski definition) is 1. The number of carbonyl (C=O) groups is 1. The zero-order valence-corrected chi connectivity index (χ0v) is 10.7. The van der Waals surface area contributed by atoms with E-state index in [1.807, 2.05) is 13.0 Å². The van der Waals surface area contributed by atoms with Crippen molar-refractivity contribution in [1.82, 2.24) is 9.38 Å². The van der Waals surface area contributed by atoms with E-state index in [2.05, 4.69) is 4.98 Å². The number of aryl methyl sites for hydroxylation is 1. The lowest BCUT2D eigenvalue weighted by atomic mass is 10.3. The number of ether oxygens (including phenoxy) is 1. The van der Waals surface area contributed by atoms with Gasteiger partial charge in [-0.05, 0) is 31.5 Å². The van der Waals surface area contributed by atoms with E-state index < -0.39 is 12.1 Å². The fourth-order valence-electron chi connectivity index (χ4n) is 1.61. The van der Waals surface area contributed by atoms with E-state index in [1.54, 1.807) is 12.3 Å². The summed E-state index contributed by atoms with van der Waals surface area (Å²) in [6.07, 6.45) is 0.725. The summed E-state index contributed by atoms with van der Waals surface area (Å²) >= 11 is 0. The minimum absolute atomic E-state index is 0.00680. The number of aliphatic carboxylic acids is 1. The van der Waals surface area contributed by atoms with Crippen molar-refractivity contribution in [3.8, 4) is 0 Å². The SMILES string of the molecule is Cc1ccn2c(=O)cc(COC(C)C(=O)O)nc2c1. The zero-order chi connectivity index (χ0) is 14.0. The van der Waals surface area contributed by atoms with Crippen molar-refractivity contribution in [2.75, 3.05) is 0 Å². The molecule has 0 saturated carbocycles. The van der Waals surface area contributed by atoms with Gasteiger partial charge in [-0.25, -0.2) is 9.78 Å². The van der Waals surface area contributed by atoms with Gasteiger partial charge in [0.25, 0.3) is 5.56 Å². The second-order valence-electron chi connectivity index (χ2n) is 4.31. The molecule has 2 aromatic heterocycles. The van der Waals surface area contributed by atoms with Gasteiger partial charge in [-0.1, -0.05) is 0 Å². The highest BCUT2D eigenvalue weighted by Crippen LogP contribution is 2.05. The molecule has 1 unspecified atom stereocenters. The summed E-state index contributed by atoms with van der Waals surface area (Å²) in [5.74, 6) is -1.05. The molecule has 0 radical (unpaired) electrons. The molecule has 0 fully saturated rings. The third-order valence-corrected chi connectivity index (χ3v) is 2.70. The Kier molecular flexibility index (Phi) is 3.62. The van der Waals surface area contributed by atoms with Gasteiger partial charge >= 0.3 is 5.97 Å². The second kappa shape index (κ2) is 5.19. The highest BCUT2D eigenvalue weighted by atomic mass is 16.5. The van der Waals surface area contributed by atoms with Crippen molar-refractivity contribution in [2.45, 2.75) is 26.6 Å². The molecular formula is C13H14N2O4. The van der Waals surface area contributed by atoms with E-state index in [9.17, 15) is 9.59 Å². The normalized spacial score (nSPS) is 12.5. The Balaban J connectivity index is 2.30. The van der Waals surface area contributed by atoms with Crippen LogP contribution in [0.1, 0.15) is 18.2 Å². The minimum atomic E-state index is -1.05. The fourth-order valence-corrected chi connectivity index (χ4v) is 1.61. The fraction of sp³-hybridized carbons (Fsp3) is 0.308. The predicted octanol–water partition coefficient (Wildman–Crippen LogP) is 0.993. The average molecular weight is 262 g/mol. The highest BCUT2D eigenvalue weighted by Gasteiger charge is 2.12. The van der Waals surface area contributed by atoms with E-state index in [-0.39, 0.29) is 12.2 Å². The van der Waals surface area contributed by atoms with Gasteiger partial charge in [0.15, 0.2) is 6.10 Å². The van der Waals surface area contributed by atoms with Crippen molar-refractivity contribution >= 4 is 11.6 Å². The number of aromatic nitrogens is 2. The number of carboxylic acid groups (broad SMARTS) is 1. The van der Waals surface area contributed by atoms with Crippen LogP contribution >= 0.6 is 0 Å². The summed E-state index contributed by atoms with van der Waals surface area (Å²) in [7, 11) is 0. The highest BCUT2D eigenvalue weighted by molar-refractivity contribution is 5.71. The molecule has 0 aliphatic heterocycles. The van der Waals surface area contributed by atoms with Gasteiger partial charge in [-0.2, -0.15) is 0 Å². The molecule has 100 valence electrons. The van der Waals surface area contributed by atoms with Gasteiger partial charge in [-0.15, -0.1) is 0 Å².